The van der Waals surface area contributed by atoms with E-state index in [1.165, 1.54) is 29.0 Å². The van der Waals surface area contributed by atoms with Crippen LogP contribution in [0.25, 0.3) is 23.0 Å². The van der Waals surface area contributed by atoms with E-state index < -0.39 is 11.6 Å². The number of anilines is 1. The van der Waals surface area contributed by atoms with Gasteiger partial charge < -0.3 is 15.3 Å². The molecule has 0 aliphatic heterocycles. The van der Waals surface area contributed by atoms with E-state index in [4.69, 9.17) is 15.3 Å². The standard InChI is InChI=1S/C19H13F2N5O2/c20-12-1-3-14(16(21)8-12)17-4-2-13(28-17)7-11(9-22)18-15(10-23)19(24)26(25-18)5-6-27/h1-4,7-8,27H,5-6,24H2/b11-7+. The SMILES string of the molecule is N#C/C(=C\c1ccc(-c2ccc(F)cc2F)o1)c1nn(CCO)c(N)c1C#N. The number of nitrogen functional groups attached to an aromatic ring is 1. The lowest BCUT2D eigenvalue weighted by atomic mass is 10.1. The van der Waals surface area contributed by atoms with Crippen molar-refractivity contribution >= 4 is 17.5 Å². The monoisotopic (exact) mass is 381 g/mol. The average Bonchev–Trinajstić information content (AvgIpc) is 3.25. The van der Waals surface area contributed by atoms with Crippen LogP contribution < -0.4 is 5.73 Å². The first-order valence-electron chi connectivity index (χ1n) is 8.03. The van der Waals surface area contributed by atoms with Crippen LogP contribution in [0.2, 0.25) is 0 Å². The summed E-state index contributed by atoms with van der Waals surface area (Å²) < 4.78 is 33.7. The van der Waals surface area contributed by atoms with Crippen molar-refractivity contribution in [3.8, 4) is 23.5 Å². The number of allylic oxidation sites excluding steroid dienone is 1. The van der Waals surface area contributed by atoms with Gasteiger partial charge in [-0.05, 0) is 24.3 Å². The third kappa shape index (κ3) is 3.47. The van der Waals surface area contributed by atoms with Crippen molar-refractivity contribution in [2.75, 3.05) is 12.3 Å². The molecule has 2 aromatic heterocycles. The van der Waals surface area contributed by atoms with Crippen LogP contribution in [0.5, 0.6) is 0 Å². The lowest BCUT2D eigenvalue weighted by molar-refractivity contribution is 0.270. The molecule has 0 amide bonds. The molecule has 3 N–H and O–H groups in total. The van der Waals surface area contributed by atoms with Crippen LogP contribution in [0.4, 0.5) is 14.6 Å². The molecule has 0 bridgehead atoms. The number of aromatic nitrogens is 2. The molecule has 9 heteroatoms. The fourth-order valence-electron chi connectivity index (χ4n) is 2.60. The Hall–Kier alpha value is -3.95. The topological polar surface area (TPSA) is 125 Å². The highest BCUT2D eigenvalue weighted by atomic mass is 19.1. The van der Waals surface area contributed by atoms with Gasteiger partial charge in [0.15, 0.2) is 0 Å². The fraction of sp³-hybridized carbons (Fsp3) is 0.105. The molecule has 28 heavy (non-hydrogen) atoms. The van der Waals surface area contributed by atoms with Crippen molar-refractivity contribution in [3.05, 3.63) is 59.0 Å². The molecule has 3 rings (SSSR count). The molecule has 7 nitrogen and oxygen atoms in total. The fourth-order valence-corrected chi connectivity index (χ4v) is 2.60. The molecular formula is C19H13F2N5O2. The number of benzene rings is 1. The maximum atomic E-state index is 13.9. The minimum atomic E-state index is -0.785. The molecule has 140 valence electrons. The Labute approximate surface area is 158 Å². The number of rotatable bonds is 5. The van der Waals surface area contributed by atoms with E-state index in [9.17, 15) is 19.3 Å². The van der Waals surface area contributed by atoms with Gasteiger partial charge in [0.05, 0.1) is 24.3 Å². The van der Waals surface area contributed by atoms with Gasteiger partial charge in [-0.3, -0.25) is 0 Å². The summed E-state index contributed by atoms with van der Waals surface area (Å²) >= 11 is 0. The number of hydrogen-bond donors (Lipinski definition) is 2. The van der Waals surface area contributed by atoms with Gasteiger partial charge in [-0.15, -0.1) is 0 Å². The van der Waals surface area contributed by atoms with Crippen molar-refractivity contribution < 1.29 is 18.3 Å². The Morgan fingerprint density at radius 3 is 2.71 bits per heavy atom. The van der Waals surface area contributed by atoms with Crippen LogP contribution in [0.3, 0.4) is 0 Å². The summed E-state index contributed by atoms with van der Waals surface area (Å²) in [6.45, 7) is -0.180. The number of halogens is 2. The molecule has 0 unspecified atom stereocenters. The predicted molar refractivity (Wildman–Crippen MR) is 96.0 cm³/mol. The van der Waals surface area contributed by atoms with Gasteiger partial charge in [-0.1, -0.05) is 0 Å². The molecule has 2 heterocycles. The molecule has 1 aromatic carbocycles. The third-order valence-electron chi connectivity index (χ3n) is 3.90. The van der Waals surface area contributed by atoms with E-state index in [-0.39, 0.29) is 52.9 Å². The number of hydrogen-bond acceptors (Lipinski definition) is 6. The number of nitrogens with two attached hydrogens (primary N) is 1. The van der Waals surface area contributed by atoms with Crippen molar-refractivity contribution in [1.29, 1.82) is 10.5 Å². The second-order valence-electron chi connectivity index (χ2n) is 5.66. The molecule has 0 atom stereocenters. The van der Waals surface area contributed by atoms with Gasteiger partial charge in [0, 0.05) is 12.1 Å². The third-order valence-corrected chi connectivity index (χ3v) is 3.90. The van der Waals surface area contributed by atoms with Crippen molar-refractivity contribution in [3.63, 3.8) is 0 Å². The second kappa shape index (κ2) is 7.74. The summed E-state index contributed by atoms with van der Waals surface area (Å²) in [6.07, 6.45) is 1.33. The lowest BCUT2D eigenvalue weighted by Crippen LogP contribution is -2.07. The van der Waals surface area contributed by atoms with E-state index >= 15 is 0 Å². The lowest BCUT2D eigenvalue weighted by Gasteiger charge is -1.99. The Balaban J connectivity index is 2.01. The minimum absolute atomic E-state index is 0.000387. The predicted octanol–water partition coefficient (Wildman–Crippen LogP) is 2.93. The average molecular weight is 381 g/mol. The largest absolute Gasteiger partial charge is 0.457 e. The first-order chi connectivity index (χ1) is 13.5. The molecule has 0 aliphatic carbocycles. The number of nitrogens with zero attached hydrogens (tertiary/aromatic N) is 4. The Bertz CT molecular complexity index is 1150. The van der Waals surface area contributed by atoms with Gasteiger partial charge in [-0.25, -0.2) is 13.5 Å². The Kier molecular flexibility index (Phi) is 5.21. The van der Waals surface area contributed by atoms with Crippen LogP contribution in [0.15, 0.2) is 34.7 Å². The summed E-state index contributed by atoms with van der Waals surface area (Å²) in [5.74, 6) is -1.12. The number of aliphatic hydroxyl groups is 1. The maximum Gasteiger partial charge on any atom is 0.140 e. The molecule has 0 saturated heterocycles. The van der Waals surface area contributed by atoms with Crippen LogP contribution in [0, 0.1) is 34.3 Å². The first kappa shape index (κ1) is 18.8. The number of aliphatic hydroxyl groups excluding tert-OH is 1. The van der Waals surface area contributed by atoms with Gasteiger partial charge in [-0.2, -0.15) is 15.6 Å². The Morgan fingerprint density at radius 2 is 2.07 bits per heavy atom. The zero-order valence-corrected chi connectivity index (χ0v) is 14.4. The van der Waals surface area contributed by atoms with E-state index in [2.05, 4.69) is 5.10 Å². The highest BCUT2D eigenvalue weighted by molar-refractivity contribution is 5.90. The zero-order chi connectivity index (χ0) is 20.3. The van der Waals surface area contributed by atoms with Crippen molar-refractivity contribution in [2.45, 2.75) is 6.54 Å². The minimum Gasteiger partial charge on any atom is -0.457 e. The van der Waals surface area contributed by atoms with Crippen LogP contribution in [-0.2, 0) is 6.54 Å². The molecular weight excluding hydrogens is 368 g/mol. The normalized spacial score (nSPS) is 11.2. The van der Waals surface area contributed by atoms with Crippen molar-refractivity contribution in [1.82, 2.24) is 9.78 Å². The second-order valence-corrected chi connectivity index (χ2v) is 5.66. The molecule has 3 aromatic rings. The smallest absolute Gasteiger partial charge is 0.140 e. The van der Waals surface area contributed by atoms with Gasteiger partial charge in [0.2, 0.25) is 0 Å². The van der Waals surface area contributed by atoms with Gasteiger partial charge in [0.25, 0.3) is 0 Å². The quantitative estimate of drug-likeness (QED) is 0.655. The summed E-state index contributed by atoms with van der Waals surface area (Å²) in [7, 11) is 0. The first-order valence-corrected chi connectivity index (χ1v) is 8.03. The van der Waals surface area contributed by atoms with Crippen LogP contribution >= 0.6 is 0 Å². The molecule has 0 radical (unpaired) electrons. The molecule has 0 spiro atoms. The highest BCUT2D eigenvalue weighted by Crippen LogP contribution is 2.29. The molecule has 0 fully saturated rings. The van der Waals surface area contributed by atoms with Crippen molar-refractivity contribution in [2.24, 2.45) is 0 Å². The zero-order valence-electron chi connectivity index (χ0n) is 14.4. The van der Waals surface area contributed by atoms with E-state index in [0.717, 1.165) is 12.1 Å². The van der Waals surface area contributed by atoms with Crippen LogP contribution in [-0.4, -0.2) is 21.5 Å². The maximum absolute atomic E-state index is 13.9. The summed E-state index contributed by atoms with van der Waals surface area (Å²) in [4.78, 5) is 0. The number of nitriles is 2. The summed E-state index contributed by atoms with van der Waals surface area (Å²) in [5, 5.41) is 31.9. The summed E-state index contributed by atoms with van der Waals surface area (Å²) in [6, 6.07) is 9.87. The van der Waals surface area contributed by atoms with E-state index in [1.807, 2.05) is 12.1 Å². The molecule has 0 saturated carbocycles. The molecule has 0 aliphatic rings. The van der Waals surface area contributed by atoms with E-state index in [1.54, 1.807) is 0 Å². The van der Waals surface area contributed by atoms with E-state index in [0.29, 0.717) is 0 Å². The summed E-state index contributed by atoms with van der Waals surface area (Å²) in [5.41, 5.74) is 5.94. The highest BCUT2D eigenvalue weighted by Gasteiger charge is 2.19. The number of furan rings is 1. The van der Waals surface area contributed by atoms with Gasteiger partial charge >= 0.3 is 0 Å². The van der Waals surface area contributed by atoms with Gasteiger partial charge in [0.1, 0.15) is 52.4 Å². The Morgan fingerprint density at radius 1 is 1.29 bits per heavy atom. The van der Waals surface area contributed by atoms with Crippen LogP contribution in [0.1, 0.15) is 17.0 Å².